The van der Waals surface area contributed by atoms with Crippen LogP contribution < -0.4 is 4.18 Å². The number of halogens is 2. The molecule has 0 unspecified atom stereocenters. The molecule has 0 radical (unpaired) electrons. The van der Waals surface area contributed by atoms with E-state index in [1.165, 1.54) is 24.3 Å². The Hall–Kier alpha value is -1.96. The molecule has 0 aliphatic heterocycles. The fourth-order valence-electron chi connectivity index (χ4n) is 1.62. The number of hydrogen-bond acceptors (Lipinski definition) is 4. The highest BCUT2D eigenvalue weighted by Crippen LogP contribution is 2.24. The third-order valence-corrected chi connectivity index (χ3v) is 3.13. The number of carbonyl (C=O) groups excluding carboxylic acids is 1. The first-order chi connectivity index (χ1) is 9.76. The molecule has 1 N–H and O–H groups in total. The van der Waals surface area contributed by atoms with Crippen molar-refractivity contribution in [3.8, 4) is 5.75 Å². The minimum absolute atomic E-state index is 0.158. The molecule has 0 aliphatic carbocycles. The number of rotatable bonds is 4. The zero-order valence-electron chi connectivity index (χ0n) is 10.3. The van der Waals surface area contributed by atoms with Gasteiger partial charge < -0.3 is 4.18 Å². The molecule has 2 aromatic carbocycles. The summed E-state index contributed by atoms with van der Waals surface area (Å²) in [6, 6.07) is 8.36. The third-order valence-electron chi connectivity index (χ3n) is 2.49. The molecule has 0 heterocycles. The summed E-state index contributed by atoms with van der Waals surface area (Å²) < 4.78 is 47.7. The highest BCUT2D eigenvalue weighted by molar-refractivity contribution is 7.81. The van der Waals surface area contributed by atoms with Gasteiger partial charge in [0.1, 0.15) is 5.82 Å². The van der Waals surface area contributed by atoms with Crippen LogP contribution in [0.15, 0.2) is 42.5 Å². The summed E-state index contributed by atoms with van der Waals surface area (Å²) >= 11 is 5.70. The zero-order chi connectivity index (χ0) is 15.6. The van der Waals surface area contributed by atoms with Crippen molar-refractivity contribution in [2.45, 2.75) is 0 Å². The first kappa shape index (κ1) is 15.4. The second-order valence-electron chi connectivity index (χ2n) is 3.99. The van der Waals surface area contributed by atoms with Gasteiger partial charge in [-0.05, 0) is 42.5 Å². The van der Waals surface area contributed by atoms with Gasteiger partial charge in [0.2, 0.25) is 0 Å². The van der Waals surface area contributed by atoms with Crippen molar-refractivity contribution in [2.75, 3.05) is 0 Å². The van der Waals surface area contributed by atoms with Gasteiger partial charge in [-0.3, -0.25) is 9.35 Å². The van der Waals surface area contributed by atoms with Gasteiger partial charge in [-0.15, -0.1) is 0 Å². The van der Waals surface area contributed by atoms with Crippen molar-refractivity contribution in [1.82, 2.24) is 0 Å². The molecular weight excluding hydrogens is 323 g/mol. The third kappa shape index (κ3) is 4.01. The SMILES string of the molecule is O=C(c1ccc(Cl)cc1)c1cc(F)ccc1OS(=O)(=O)O. The van der Waals surface area contributed by atoms with Crippen LogP contribution in [0.5, 0.6) is 5.75 Å². The molecule has 0 spiro atoms. The lowest BCUT2D eigenvalue weighted by atomic mass is 10.0. The maximum Gasteiger partial charge on any atom is 0.446 e. The van der Waals surface area contributed by atoms with E-state index in [-0.39, 0.29) is 11.1 Å². The molecule has 110 valence electrons. The van der Waals surface area contributed by atoms with Crippen LogP contribution in [-0.2, 0) is 10.4 Å². The van der Waals surface area contributed by atoms with Crippen molar-refractivity contribution in [1.29, 1.82) is 0 Å². The normalized spacial score (nSPS) is 11.2. The lowest BCUT2D eigenvalue weighted by Crippen LogP contribution is -2.11. The molecule has 0 atom stereocenters. The van der Waals surface area contributed by atoms with Crippen molar-refractivity contribution >= 4 is 27.8 Å². The molecule has 2 rings (SSSR count). The largest absolute Gasteiger partial charge is 0.446 e. The monoisotopic (exact) mass is 330 g/mol. The van der Waals surface area contributed by atoms with E-state index in [1.807, 2.05) is 0 Å². The van der Waals surface area contributed by atoms with Crippen molar-refractivity contribution < 1.29 is 26.3 Å². The highest BCUT2D eigenvalue weighted by Gasteiger charge is 2.19. The first-order valence-corrected chi connectivity index (χ1v) is 7.27. The van der Waals surface area contributed by atoms with E-state index in [9.17, 15) is 17.6 Å². The first-order valence-electron chi connectivity index (χ1n) is 5.53. The number of benzene rings is 2. The average molecular weight is 331 g/mol. The quantitative estimate of drug-likeness (QED) is 0.688. The standard InChI is InChI=1S/C13H8ClFO5S/c14-9-3-1-8(2-4-9)13(16)11-7-10(15)5-6-12(11)20-21(17,18)19/h1-7H,(H,17,18,19). The van der Waals surface area contributed by atoms with Gasteiger partial charge in [0, 0.05) is 10.6 Å². The van der Waals surface area contributed by atoms with Crippen molar-refractivity contribution in [2.24, 2.45) is 0 Å². The maximum absolute atomic E-state index is 13.3. The fraction of sp³-hybridized carbons (Fsp3) is 0. The number of hydrogen-bond donors (Lipinski definition) is 1. The summed E-state index contributed by atoms with van der Waals surface area (Å²) in [4.78, 5) is 12.3. The van der Waals surface area contributed by atoms with Crippen molar-refractivity contribution in [3.05, 3.63) is 64.4 Å². The minimum atomic E-state index is -4.83. The van der Waals surface area contributed by atoms with Crippen LogP contribution in [0.25, 0.3) is 0 Å². The van der Waals surface area contributed by atoms with Gasteiger partial charge in [-0.25, -0.2) is 4.39 Å². The summed E-state index contributed by atoms with van der Waals surface area (Å²) in [5, 5.41) is 0.403. The van der Waals surface area contributed by atoms with Crippen LogP contribution in [0.4, 0.5) is 4.39 Å². The molecule has 0 fully saturated rings. The summed E-state index contributed by atoms with van der Waals surface area (Å²) in [5.41, 5.74) is -0.180. The van der Waals surface area contributed by atoms with Gasteiger partial charge in [0.15, 0.2) is 11.5 Å². The fourth-order valence-corrected chi connectivity index (χ4v) is 2.12. The van der Waals surface area contributed by atoms with E-state index < -0.39 is 27.7 Å². The molecule has 5 nitrogen and oxygen atoms in total. The van der Waals surface area contributed by atoms with Crippen LogP contribution in [0, 0.1) is 5.82 Å². The van der Waals surface area contributed by atoms with E-state index in [1.54, 1.807) is 0 Å². The number of ketones is 1. The van der Waals surface area contributed by atoms with Gasteiger partial charge in [0.05, 0.1) is 5.56 Å². The molecule has 0 saturated carbocycles. The van der Waals surface area contributed by atoms with Gasteiger partial charge >= 0.3 is 10.4 Å². The van der Waals surface area contributed by atoms with E-state index in [0.717, 1.165) is 18.2 Å². The van der Waals surface area contributed by atoms with E-state index in [2.05, 4.69) is 4.18 Å². The zero-order valence-corrected chi connectivity index (χ0v) is 11.9. The Kier molecular flexibility index (Phi) is 4.26. The molecule has 8 heteroatoms. The molecule has 0 bridgehead atoms. The van der Waals surface area contributed by atoms with Crippen LogP contribution in [0.1, 0.15) is 15.9 Å². The summed E-state index contributed by atoms with van der Waals surface area (Å²) in [6.45, 7) is 0. The summed E-state index contributed by atoms with van der Waals surface area (Å²) in [6.07, 6.45) is 0. The Morgan fingerprint density at radius 2 is 1.76 bits per heavy atom. The van der Waals surface area contributed by atoms with E-state index >= 15 is 0 Å². The smallest absolute Gasteiger partial charge is 0.361 e. The molecule has 21 heavy (non-hydrogen) atoms. The Morgan fingerprint density at radius 3 is 2.33 bits per heavy atom. The van der Waals surface area contributed by atoms with E-state index in [0.29, 0.717) is 5.02 Å². The van der Waals surface area contributed by atoms with Crippen LogP contribution in [0.3, 0.4) is 0 Å². The average Bonchev–Trinajstić information content (AvgIpc) is 2.39. The predicted octanol–water partition coefficient (Wildman–Crippen LogP) is 2.89. The molecule has 0 saturated heterocycles. The summed E-state index contributed by atoms with van der Waals surface area (Å²) in [5.74, 6) is -1.90. The van der Waals surface area contributed by atoms with Crippen molar-refractivity contribution in [3.63, 3.8) is 0 Å². The Labute approximate surface area is 124 Å². The Morgan fingerprint density at radius 1 is 1.14 bits per heavy atom. The Balaban J connectivity index is 2.49. The lowest BCUT2D eigenvalue weighted by molar-refractivity contribution is 0.103. The lowest BCUT2D eigenvalue weighted by Gasteiger charge is -2.08. The van der Waals surface area contributed by atoms with Gasteiger partial charge in [0.25, 0.3) is 0 Å². The van der Waals surface area contributed by atoms with Crippen LogP contribution in [0.2, 0.25) is 5.02 Å². The number of carbonyl (C=O) groups is 1. The summed E-state index contributed by atoms with van der Waals surface area (Å²) in [7, 11) is -4.83. The second kappa shape index (κ2) is 5.80. The van der Waals surface area contributed by atoms with Crippen LogP contribution in [-0.4, -0.2) is 18.8 Å². The van der Waals surface area contributed by atoms with E-state index in [4.69, 9.17) is 16.2 Å². The second-order valence-corrected chi connectivity index (χ2v) is 5.45. The molecule has 0 aromatic heterocycles. The predicted molar refractivity (Wildman–Crippen MR) is 73.5 cm³/mol. The van der Waals surface area contributed by atoms with Crippen LogP contribution >= 0.6 is 11.6 Å². The molecule has 0 aliphatic rings. The maximum atomic E-state index is 13.3. The molecular formula is C13H8ClFO5S. The minimum Gasteiger partial charge on any atom is -0.361 e. The van der Waals surface area contributed by atoms with Gasteiger partial charge in [-0.2, -0.15) is 8.42 Å². The molecule has 2 aromatic rings. The van der Waals surface area contributed by atoms with Gasteiger partial charge in [-0.1, -0.05) is 11.6 Å². The topological polar surface area (TPSA) is 80.7 Å². The highest BCUT2D eigenvalue weighted by atomic mass is 35.5. The molecule has 0 amide bonds. The Bertz CT molecular complexity index is 787.